The Bertz CT molecular complexity index is 748. The Labute approximate surface area is 178 Å². The summed E-state index contributed by atoms with van der Waals surface area (Å²) in [6, 6.07) is 4.59. The van der Waals surface area contributed by atoms with Crippen LogP contribution < -0.4 is 4.90 Å². The first-order valence-corrected chi connectivity index (χ1v) is 13.0. The van der Waals surface area contributed by atoms with Crippen molar-refractivity contribution in [3.63, 3.8) is 0 Å². The minimum atomic E-state index is -2.88. The summed E-state index contributed by atoms with van der Waals surface area (Å²) in [7, 11) is -2.88. The zero-order valence-electron chi connectivity index (χ0n) is 19.3. The molecule has 1 saturated heterocycles. The summed E-state index contributed by atoms with van der Waals surface area (Å²) in [6.45, 7) is 14.2. The molecule has 1 heterocycles. The topological polar surface area (TPSA) is 46.6 Å². The molecule has 0 spiro atoms. The number of aryl methyl sites for hydroxylation is 1. The lowest BCUT2D eigenvalue weighted by Gasteiger charge is -2.38. The second-order valence-corrected chi connectivity index (χ2v) is 11.8. The number of benzene rings is 1. The highest BCUT2D eigenvalue weighted by Crippen LogP contribution is 2.29. The van der Waals surface area contributed by atoms with Crippen molar-refractivity contribution in [1.82, 2.24) is 0 Å². The summed E-state index contributed by atoms with van der Waals surface area (Å²) in [4.78, 5) is 2.47. The third-order valence-electron chi connectivity index (χ3n) is 6.22. The number of nitrogens with zero attached hydrogens (tertiary/aromatic N) is 1. The van der Waals surface area contributed by atoms with Crippen molar-refractivity contribution in [1.29, 1.82) is 0 Å². The van der Waals surface area contributed by atoms with Gasteiger partial charge in [0.1, 0.15) is 0 Å². The second-order valence-electron chi connectivity index (χ2n) is 9.09. The first-order valence-electron chi connectivity index (χ1n) is 11.3. The van der Waals surface area contributed by atoms with Crippen LogP contribution in [0.1, 0.15) is 76.5 Å². The number of morpholine rings is 1. The first-order chi connectivity index (χ1) is 13.6. The van der Waals surface area contributed by atoms with Gasteiger partial charge in [0.2, 0.25) is 0 Å². The number of anilines is 1. The quantitative estimate of drug-likeness (QED) is 0.483. The van der Waals surface area contributed by atoms with Crippen molar-refractivity contribution < 1.29 is 13.2 Å². The number of sulfone groups is 1. The zero-order chi connectivity index (χ0) is 21.6. The van der Waals surface area contributed by atoms with Gasteiger partial charge in [0, 0.05) is 18.8 Å². The molecule has 0 saturated carbocycles. The van der Waals surface area contributed by atoms with Gasteiger partial charge in [-0.25, -0.2) is 8.42 Å². The fourth-order valence-corrected chi connectivity index (χ4v) is 5.31. The molecule has 0 radical (unpaired) electrons. The number of hydrogen-bond donors (Lipinski definition) is 0. The van der Waals surface area contributed by atoms with E-state index in [1.807, 2.05) is 0 Å². The van der Waals surface area contributed by atoms with E-state index in [1.54, 1.807) is 13.8 Å². The fourth-order valence-electron chi connectivity index (χ4n) is 4.24. The Hall–Kier alpha value is -1.07. The summed E-state index contributed by atoms with van der Waals surface area (Å²) in [5.74, 6) is 0.337. The highest BCUT2D eigenvalue weighted by molar-refractivity contribution is 7.91. The number of hydrogen-bond acceptors (Lipinski definition) is 4. The van der Waals surface area contributed by atoms with Crippen LogP contribution in [0.2, 0.25) is 0 Å². The summed E-state index contributed by atoms with van der Waals surface area (Å²) in [5, 5.41) is -0.249. The van der Waals surface area contributed by atoms with Gasteiger partial charge >= 0.3 is 0 Å². The minimum absolute atomic E-state index is 0.249. The van der Waals surface area contributed by atoms with Crippen molar-refractivity contribution in [2.45, 2.75) is 97.5 Å². The molecule has 29 heavy (non-hydrogen) atoms. The Morgan fingerprint density at radius 1 is 0.966 bits per heavy atom. The monoisotopic (exact) mass is 423 g/mol. The van der Waals surface area contributed by atoms with Crippen LogP contribution in [0.15, 0.2) is 12.1 Å². The van der Waals surface area contributed by atoms with Crippen LogP contribution in [-0.4, -0.2) is 44.7 Å². The van der Waals surface area contributed by atoms with E-state index >= 15 is 0 Å². The van der Waals surface area contributed by atoms with E-state index in [0.29, 0.717) is 5.75 Å². The van der Waals surface area contributed by atoms with Gasteiger partial charge in [-0.2, -0.15) is 0 Å². The maximum Gasteiger partial charge on any atom is 0.152 e. The molecule has 5 heteroatoms. The minimum Gasteiger partial charge on any atom is -0.372 e. The SMILES string of the molecule is Cc1c(CCCCCCCS(=O)(=O)C(C)C)ccc(N2C[C@@H](C)O[C@@H](C)C2)c1C. The molecule has 1 aliphatic heterocycles. The molecular formula is C24H41NO3S. The van der Waals surface area contributed by atoms with Crippen LogP contribution >= 0.6 is 0 Å². The molecule has 1 aromatic rings. The van der Waals surface area contributed by atoms with Crippen LogP contribution in [0.5, 0.6) is 0 Å². The predicted octanol–water partition coefficient (Wildman–Crippen LogP) is 5.23. The van der Waals surface area contributed by atoms with Crippen molar-refractivity contribution in [2.75, 3.05) is 23.7 Å². The van der Waals surface area contributed by atoms with Crippen LogP contribution in [0.4, 0.5) is 5.69 Å². The Morgan fingerprint density at radius 3 is 2.17 bits per heavy atom. The molecule has 0 unspecified atom stereocenters. The molecule has 0 bridgehead atoms. The normalized spacial score (nSPS) is 20.4. The summed E-state index contributed by atoms with van der Waals surface area (Å²) >= 11 is 0. The van der Waals surface area contributed by atoms with Gasteiger partial charge < -0.3 is 9.64 Å². The van der Waals surface area contributed by atoms with E-state index < -0.39 is 9.84 Å². The molecule has 0 aliphatic carbocycles. The first kappa shape index (κ1) is 24.2. The molecule has 0 amide bonds. The van der Waals surface area contributed by atoms with Crippen molar-refractivity contribution >= 4 is 15.5 Å². The molecule has 0 aromatic heterocycles. The smallest absolute Gasteiger partial charge is 0.152 e. The van der Waals surface area contributed by atoms with Gasteiger partial charge in [0.05, 0.1) is 23.2 Å². The molecular weight excluding hydrogens is 382 g/mol. The van der Waals surface area contributed by atoms with Crippen LogP contribution in [0.25, 0.3) is 0 Å². The lowest BCUT2D eigenvalue weighted by molar-refractivity contribution is -0.00525. The molecule has 1 aliphatic rings. The van der Waals surface area contributed by atoms with Crippen molar-refractivity contribution in [3.8, 4) is 0 Å². The predicted molar refractivity (Wildman–Crippen MR) is 124 cm³/mol. The lowest BCUT2D eigenvalue weighted by Crippen LogP contribution is -2.45. The molecule has 4 nitrogen and oxygen atoms in total. The highest BCUT2D eigenvalue weighted by atomic mass is 32.2. The zero-order valence-corrected chi connectivity index (χ0v) is 20.1. The van der Waals surface area contributed by atoms with E-state index in [4.69, 9.17) is 4.74 Å². The lowest BCUT2D eigenvalue weighted by atomic mass is 9.96. The van der Waals surface area contributed by atoms with Crippen LogP contribution in [0, 0.1) is 13.8 Å². The molecule has 166 valence electrons. The van der Waals surface area contributed by atoms with E-state index in [-0.39, 0.29) is 17.5 Å². The average molecular weight is 424 g/mol. The fraction of sp³-hybridized carbons (Fsp3) is 0.750. The Morgan fingerprint density at radius 2 is 1.55 bits per heavy atom. The third kappa shape index (κ3) is 6.99. The highest BCUT2D eigenvalue weighted by Gasteiger charge is 2.24. The second kappa shape index (κ2) is 10.8. The van der Waals surface area contributed by atoms with E-state index in [9.17, 15) is 8.42 Å². The molecule has 1 fully saturated rings. The molecule has 0 N–H and O–H groups in total. The summed E-state index contributed by atoms with van der Waals surface area (Å²) in [5.41, 5.74) is 5.60. The van der Waals surface area contributed by atoms with E-state index in [0.717, 1.165) is 38.8 Å². The molecule has 2 rings (SSSR count). The van der Waals surface area contributed by atoms with Gasteiger partial charge in [0.25, 0.3) is 0 Å². The Balaban J connectivity index is 1.80. The van der Waals surface area contributed by atoms with Gasteiger partial charge in [-0.05, 0) is 83.6 Å². The van der Waals surface area contributed by atoms with Crippen LogP contribution in [0.3, 0.4) is 0 Å². The van der Waals surface area contributed by atoms with E-state index in [1.165, 1.54) is 35.2 Å². The van der Waals surface area contributed by atoms with Crippen LogP contribution in [-0.2, 0) is 21.0 Å². The molecule has 2 atom stereocenters. The van der Waals surface area contributed by atoms with Gasteiger partial charge in [-0.15, -0.1) is 0 Å². The van der Waals surface area contributed by atoms with Gasteiger partial charge in [0.15, 0.2) is 9.84 Å². The average Bonchev–Trinajstić information content (AvgIpc) is 2.63. The molecule has 1 aromatic carbocycles. The Kier molecular flexibility index (Phi) is 9.02. The maximum absolute atomic E-state index is 11.8. The van der Waals surface area contributed by atoms with Gasteiger partial charge in [-0.3, -0.25) is 0 Å². The largest absolute Gasteiger partial charge is 0.372 e. The van der Waals surface area contributed by atoms with E-state index in [2.05, 4.69) is 44.7 Å². The van der Waals surface area contributed by atoms with Gasteiger partial charge in [-0.1, -0.05) is 25.3 Å². The summed E-state index contributed by atoms with van der Waals surface area (Å²) in [6.07, 6.45) is 6.91. The number of ether oxygens (including phenoxy) is 1. The maximum atomic E-state index is 11.8. The number of unbranched alkanes of at least 4 members (excludes halogenated alkanes) is 4. The number of rotatable bonds is 10. The van der Waals surface area contributed by atoms with Crippen molar-refractivity contribution in [2.24, 2.45) is 0 Å². The third-order valence-corrected chi connectivity index (χ3v) is 8.52. The standard InChI is InChI=1S/C24H41NO3S/c1-18(2)29(26,27)15-11-9-7-8-10-12-23-13-14-24(22(6)21(23)5)25-16-19(3)28-20(4)17-25/h13-14,18-20H,7-12,15-17H2,1-6H3/t19-,20+. The summed E-state index contributed by atoms with van der Waals surface area (Å²) < 4.78 is 29.6. The van der Waals surface area contributed by atoms with Crippen molar-refractivity contribution in [3.05, 3.63) is 28.8 Å².